The van der Waals surface area contributed by atoms with Crippen molar-refractivity contribution in [3.05, 3.63) is 34.3 Å². The maximum atomic E-state index is 11.8. The molecule has 0 bridgehead atoms. The van der Waals surface area contributed by atoms with Crippen molar-refractivity contribution in [2.75, 3.05) is 18.9 Å². The maximum absolute atomic E-state index is 11.8. The standard InChI is InChI=1S/C12H14N4O5/c13-3-1-5-20-10-9(18)7(6-17)21-11(10)16-4-2-8(14)15-12(16)19/h2,4,10-11,17-18H,1,5-6H2,(H2,14,15,19)/t10?,11-/m1/s1. The fraction of sp³-hybridized carbons (Fsp3) is 0.417. The number of hydrogen-bond donors (Lipinski definition) is 3. The fourth-order valence-electron chi connectivity index (χ4n) is 1.89. The average molecular weight is 294 g/mol. The SMILES string of the molecule is N#CCCOC1C(O)=C(CO)O[C@H]1n1ccc(N)nc1=O. The van der Waals surface area contributed by atoms with E-state index in [4.69, 9.17) is 25.6 Å². The second-order valence-corrected chi connectivity index (χ2v) is 4.22. The van der Waals surface area contributed by atoms with E-state index in [0.717, 1.165) is 4.57 Å². The van der Waals surface area contributed by atoms with Crippen molar-refractivity contribution in [1.82, 2.24) is 9.55 Å². The van der Waals surface area contributed by atoms with Gasteiger partial charge < -0.3 is 25.4 Å². The van der Waals surface area contributed by atoms with Gasteiger partial charge in [-0.1, -0.05) is 0 Å². The van der Waals surface area contributed by atoms with Crippen LogP contribution in [0.1, 0.15) is 12.6 Å². The monoisotopic (exact) mass is 294 g/mol. The van der Waals surface area contributed by atoms with E-state index in [0.29, 0.717) is 0 Å². The molecule has 1 aromatic heterocycles. The van der Waals surface area contributed by atoms with Gasteiger partial charge in [0.15, 0.2) is 17.6 Å². The van der Waals surface area contributed by atoms with E-state index in [1.54, 1.807) is 0 Å². The van der Waals surface area contributed by atoms with E-state index in [2.05, 4.69) is 4.98 Å². The zero-order chi connectivity index (χ0) is 15.4. The first kappa shape index (κ1) is 14.8. The Morgan fingerprint density at radius 2 is 2.38 bits per heavy atom. The number of nitrogen functional groups attached to an aromatic ring is 1. The summed E-state index contributed by atoms with van der Waals surface area (Å²) < 4.78 is 11.8. The summed E-state index contributed by atoms with van der Waals surface area (Å²) in [4.78, 5) is 15.4. The minimum absolute atomic E-state index is 0.0426. The van der Waals surface area contributed by atoms with Gasteiger partial charge >= 0.3 is 5.69 Å². The van der Waals surface area contributed by atoms with E-state index in [1.807, 2.05) is 6.07 Å². The molecule has 1 unspecified atom stereocenters. The summed E-state index contributed by atoms with van der Waals surface area (Å²) in [5.74, 6) is -0.356. The Labute approximate surface area is 119 Å². The largest absolute Gasteiger partial charge is 0.506 e. The number of aromatic nitrogens is 2. The van der Waals surface area contributed by atoms with Crippen LogP contribution in [0.15, 0.2) is 28.6 Å². The third-order valence-electron chi connectivity index (χ3n) is 2.86. The molecule has 1 aliphatic heterocycles. The van der Waals surface area contributed by atoms with Gasteiger partial charge in [-0.25, -0.2) is 4.79 Å². The first-order valence-electron chi connectivity index (χ1n) is 6.11. The lowest BCUT2D eigenvalue weighted by Crippen LogP contribution is -2.34. The predicted molar refractivity (Wildman–Crippen MR) is 69.7 cm³/mol. The van der Waals surface area contributed by atoms with Crippen molar-refractivity contribution >= 4 is 5.82 Å². The highest BCUT2D eigenvalue weighted by atomic mass is 16.6. The zero-order valence-electron chi connectivity index (χ0n) is 11.0. The Kier molecular flexibility index (Phi) is 4.42. The molecule has 1 aromatic rings. The van der Waals surface area contributed by atoms with Gasteiger partial charge in [0.05, 0.1) is 19.1 Å². The third kappa shape index (κ3) is 2.96. The number of hydrogen-bond acceptors (Lipinski definition) is 8. The van der Waals surface area contributed by atoms with Crippen LogP contribution in [0.3, 0.4) is 0 Å². The van der Waals surface area contributed by atoms with Gasteiger partial charge in [0, 0.05) is 6.20 Å². The van der Waals surface area contributed by atoms with Crippen molar-refractivity contribution in [3.63, 3.8) is 0 Å². The summed E-state index contributed by atoms with van der Waals surface area (Å²) >= 11 is 0. The molecule has 0 amide bonds. The van der Waals surface area contributed by atoms with Crippen LogP contribution in [0.25, 0.3) is 0 Å². The molecule has 0 saturated carbocycles. The molecule has 0 spiro atoms. The lowest BCUT2D eigenvalue weighted by Gasteiger charge is -2.21. The van der Waals surface area contributed by atoms with Gasteiger partial charge in [0.2, 0.25) is 6.23 Å². The molecule has 2 heterocycles. The van der Waals surface area contributed by atoms with Crippen LogP contribution in [-0.4, -0.2) is 39.1 Å². The van der Waals surface area contributed by atoms with E-state index < -0.39 is 24.6 Å². The second-order valence-electron chi connectivity index (χ2n) is 4.22. The molecule has 4 N–H and O–H groups in total. The van der Waals surface area contributed by atoms with Crippen LogP contribution in [0.5, 0.6) is 0 Å². The summed E-state index contributed by atoms with van der Waals surface area (Å²) in [7, 11) is 0. The Morgan fingerprint density at radius 3 is 3.00 bits per heavy atom. The maximum Gasteiger partial charge on any atom is 0.352 e. The lowest BCUT2D eigenvalue weighted by atomic mass is 10.2. The average Bonchev–Trinajstić information content (AvgIpc) is 2.76. The van der Waals surface area contributed by atoms with Crippen molar-refractivity contribution in [3.8, 4) is 6.07 Å². The van der Waals surface area contributed by atoms with Crippen molar-refractivity contribution in [2.45, 2.75) is 18.8 Å². The number of anilines is 1. The van der Waals surface area contributed by atoms with Crippen LogP contribution in [-0.2, 0) is 9.47 Å². The Hall–Kier alpha value is -2.57. The van der Waals surface area contributed by atoms with Gasteiger partial charge in [-0.2, -0.15) is 10.2 Å². The van der Waals surface area contributed by atoms with Gasteiger partial charge in [-0.05, 0) is 6.07 Å². The second kappa shape index (κ2) is 6.25. The Morgan fingerprint density at radius 1 is 1.62 bits per heavy atom. The quantitative estimate of drug-likeness (QED) is 0.611. The summed E-state index contributed by atoms with van der Waals surface area (Å²) in [5, 5.41) is 27.6. The molecule has 9 heteroatoms. The molecule has 0 aliphatic carbocycles. The van der Waals surface area contributed by atoms with Crippen LogP contribution in [0.2, 0.25) is 0 Å². The minimum atomic E-state index is -1.02. The Bertz CT molecular complexity index is 648. The molecule has 0 radical (unpaired) electrons. The van der Waals surface area contributed by atoms with Crippen LogP contribution < -0.4 is 11.4 Å². The normalized spacial score (nSPS) is 21.1. The molecule has 0 fully saturated rings. The fourth-order valence-corrected chi connectivity index (χ4v) is 1.89. The van der Waals surface area contributed by atoms with Crippen molar-refractivity contribution < 1.29 is 19.7 Å². The number of nitrogens with zero attached hydrogens (tertiary/aromatic N) is 3. The van der Waals surface area contributed by atoms with Crippen LogP contribution in [0.4, 0.5) is 5.82 Å². The van der Waals surface area contributed by atoms with Crippen LogP contribution >= 0.6 is 0 Å². The summed E-state index contributed by atoms with van der Waals surface area (Å²) in [5.41, 5.74) is 4.73. The van der Waals surface area contributed by atoms with E-state index in [9.17, 15) is 9.90 Å². The Balaban J connectivity index is 2.29. The smallest absolute Gasteiger partial charge is 0.352 e. The molecule has 1 aliphatic rings. The number of aliphatic hydroxyl groups is 2. The van der Waals surface area contributed by atoms with Gasteiger partial charge in [-0.15, -0.1) is 0 Å². The lowest BCUT2D eigenvalue weighted by molar-refractivity contribution is -0.0543. The van der Waals surface area contributed by atoms with E-state index >= 15 is 0 Å². The van der Waals surface area contributed by atoms with Crippen molar-refractivity contribution in [2.24, 2.45) is 0 Å². The van der Waals surface area contributed by atoms with E-state index in [1.165, 1.54) is 12.3 Å². The first-order chi connectivity index (χ1) is 10.1. The molecule has 2 rings (SSSR count). The van der Waals surface area contributed by atoms with Crippen LogP contribution in [0, 0.1) is 11.3 Å². The highest BCUT2D eigenvalue weighted by Crippen LogP contribution is 2.32. The molecule has 112 valence electrons. The highest BCUT2D eigenvalue weighted by Gasteiger charge is 2.39. The topological polar surface area (TPSA) is 144 Å². The summed E-state index contributed by atoms with van der Waals surface area (Å²) in [6, 6.07) is 3.29. The molecule has 9 nitrogen and oxygen atoms in total. The molecule has 2 atom stereocenters. The third-order valence-corrected chi connectivity index (χ3v) is 2.86. The summed E-state index contributed by atoms with van der Waals surface area (Å²) in [6.45, 7) is -0.501. The first-order valence-corrected chi connectivity index (χ1v) is 6.11. The number of nitrogens with two attached hydrogens (primary N) is 1. The van der Waals surface area contributed by atoms with Gasteiger partial charge in [0.1, 0.15) is 12.4 Å². The number of aliphatic hydroxyl groups excluding tert-OH is 2. The molecular formula is C12H14N4O5. The number of ether oxygens (including phenoxy) is 2. The van der Waals surface area contributed by atoms with Gasteiger partial charge in [-0.3, -0.25) is 4.57 Å². The molecule has 0 aromatic carbocycles. The molecular weight excluding hydrogens is 280 g/mol. The summed E-state index contributed by atoms with van der Waals surface area (Å²) in [6.07, 6.45) is -0.571. The number of rotatable bonds is 5. The van der Waals surface area contributed by atoms with Crippen molar-refractivity contribution in [1.29, 1.82) is 5.26 Å². The molecule has 21 heavy (non-hydrogen) atoms. The minimum Gasteiger partial charge on any atom is -0.506 e. The number of nitriles is 1. The highest BCUT2D eigenvalue weighted by molar-refractivity contribution is 5.24. The zero-order valence-corrected chi connectivity index (χ0v) is 11.0. The predicted octanol–water partition coefficient (Wildman–Crippen LogP) is -0.585. The van der Waals surface area contributed by atoms with E-state index in [-0.39, 0.29) is 30.4 Å². The van der Waals surface area contributed by atoms with Gasteiger partial charge in [0.25, 0.3) is 0 Å². The molecule has 0 saturated heterocycles.